The van der Waals surface area contributed by atoms with Crippen LogP contribution in [0.5, 0.6) is 0 Å². The molecule has 3 N–H and O–H groups in total. The van der Waals surface area contributed by atoms with E-state index in [-0.39, 0.29) is 30.1 Å². The highest BCUT2D eigenvalue weighted by Crippen LogP contribution is 2.30. The minimum atomic E-state index is -0.849. The molecule has 0 saturated heterocycles. The normalized spacial score (nSPS) is 18.7. The Labute approximate surface area is 168 Å². The van der Waals surface area contributed by atoms with Gasteiger partial charge in [-0.1, -0.05) is 18.6 Å². The van der Waals surface area contributed by atoms with Crippen LogP contribution in [-0.4, -0.2) is 22.9 Å². The van der Waals surface area contributed by atoms with Crippen molar-refractivity contribution >= 4 is 23.5 Å². The third-order valence-electron chi connectivity index (χ3n) is 5.18. The molecule has 0 bridgehead atoms. The molecular formula is C22H23FN2O4. The minimum Gasteiger partial charge on any atom is -0.481 e. The second-order valence-corrected chi connectivity index (χ2v) is 7.27. The summed E-state index contributed by atoms with van der Waals surface area (Å²) in [7, 11) is 0. The molecule has 0 heterocycles. The Morgan fingerprint density at radius 2 is 1.62 bits per heavy atom. The number of halogens is 1. The first kappa shape index (κ1) is 20.5. The van der Waals surface area contributed by atoms with Gasteiger partial charge in [0.25, 0.3) is 5.91 Å². The highest BCUT2D eigenvalue weighted by atomic mass is 19.1. The van der Waals surface area contributed by atoms with Crippen molar-refractivity contribution in [3.63, 3.8) is 0 Å². The summed E-state index contributed by atoms with van der Waals surface area (Å²) in [6.45, 7) is 0.282. The standard InChI is InChI=1S/C22H23FN2O4/c23-18-8-4-14(5-9-18)13-24-20(26)15-6-10-19(11-7-15)25-21(27)16-2-1-3-17(12-16)22(28)29/h4-11,16-17H,1-3,12-13H2,(H,24,26)(H,25,27)(H,28,29). The van der Waals surface area contributed by atoms with Gasteiger partial charge in [0.15, 0.2) is 0 Å². The molecule has 2 amide bonds. The van der Waals surface area contributed by atoms with E-state index < -0.39 is 11.9 Å². The lowest BCUT2D eigenvalue weighted by Crippen LogP contribution is -2.31. The largest absolute Gasteiger partial charge is 0.481 e. The highest BCUT2D eigenvalue weighted by Gasteiger charge is 2.31. The second-order valence-electron chi connectivity index (χ2n) is 7.27. The molecule has 2 atom stereocenters. The summed E-state index contributed by atoms with van der Waals surface area (Å²) in [6.07, 6.45) is 2.37. The highest BCUT2D eigenvalue weighted by molar-refractivity contribution is 5.96. The van der Waals surface area contributed by atoms with Gasteiger partial charge in [0.2, 0.25) is 5.91 Å². The molecule has 7 heteroatoms. The molecule has 0 aliphatic heterocycles. The minimum absolute atomic E-state index is 0.190. The van der Waals surface area contributed by atoms with Crippen LogP contribution in [0.2, 0.25) is 0 Å². The molecule has 3 rings (SSSR count). The maximum atomic E-state index is 12.9. The molecule has 1 aliphatic carbocycles. The van der Waals surface area contributed by atoms with E-state index in [1.54, 1.807) is 36.4 Å². The summed E-state index contributed by atoms with van der Waals surface area (Å²) in [6, 6.07) is 12.4. The topological polar surface area (TPSA) is 95.5 Å². The summed E-state index contributed by atoms with van der Waals surface area (Å²) in [5.41, 5.74) is 1.78. The molecule has 6 nitrogen and oxygen atoms in total. The van der Waals surface area contributed by atoms with E-state index in [9.17, 15) is 18.8 Å². The van der Waals surface area contributed by atoms with Gasteiger partial charge in [0, 0.05) is 23.7 Å². The second kappa shape index (κ2) is 9.32. The Bertz CT molecular complexity index is 881. The van der Waals surface area contributed by atoms with Gasteiger partial charge in [-0.05, 0) is 61.2 Å². The average molecular weight is 398 g/mol. The van der Waals surface area contributed by atoms with E-state index in [1.165, 1.54) is 12.1 Å². The number of hydrogen-bond acceptors (Lipinski definition) is 3. The molecule has 1 fully saturated rings. The molecule has 2 aromatic carbocycles. The van der Waals surface area contributed by atoms with E-state index in [0.717, 1.165) is 12.0 Å². The monoisotopic (exact) mass is 398 g/mol. The molecule has 2 unspecified atom stereocenters. The third kappa shape index (κ3) is 5.63. The van der Waals surface area contributed by atoms with Gasteiger partial charge in [-0.15, -0.1) is 0 Å². The summed E-state index contributed by atoms with van der Waals surface area (Å²) >= 11 is 0. The molecule has 1 aliphatic rings. The summed E-state index contributed by atoms with van der Waals surface area (Å²) in [4.78, 5) is 35.8. The zero-order valence-corrected chi connectivity index (χ0v) is 15.9. The van der Waals surface area contributed by atoms with Crippen LogP contribution >= 0.6 is 0 Å². The predicted octanol–water partition coefficient (Wildman–Crippen LogP) is 3.59. The number of carboxylic acids is 1. The van der Waals surface area contributed by atoms with E-state index in [0.29, 0.717) is 30.5 Å². The van der Waals surface area contributed by atoms with Crippen molar-refractivity contribution in [3.8, 4) is 0 Å². The molecule has 152 valence electrons. The molecule has 0 aromatic heterocycles. The Morgan fingerprint density at radius 1 is 0.966 bits per heavy atom. The van der Waals surface area contributed by atoms with Crippen molar-refractivity contribution in [1.29, 1.82) is 0 Å². The Morgan fingerprint density at radius 3 is 2.28 bits per heavy atom. The number of carbonyl (C=O) groups is 3. The summed E-state index contributed by atoms with van der Waals surface area (Å²) in [5.74, 6) is -2.42. The first-order chi connectivity index (χ1) is 13.9. The van der Waals surface area contributed by atoms with Gasteiger partial charge in [-0.3, -0.25) is 14.4 Å². The molecule has 0 radical (unpaired) electrons. The number of nitrogens with one attached hydrogen (secondary N) is 2. The first-order valence-corrected chi connectivity index (χ1v) is 9.59. The zero-order chi connectivity index (χ0) is 20.8. The number of benzene rings is 2. The molecule has 0 spiro atoms. The summed E-state index contributed by atoms with van der Waals surface area (Å²) < 4.78 is 12.9. The first-order valence-electron chi connectivity index (χ1n) is 9.59. The predicted molar refractivity (Wildman–Crippen MR) is 106 cm³/mol. The average Bonchev–Trinajstić information content (AvgIpc) is 2.73. The number of aliphatic carboxylic acids is 1. The van der Waals surface area contributed by atoms with Crippen LogP contribution in [0.3, 0.4) is 0 Å². The van der Waals surface area contributed by atoms with Crippen LogP contribution < -0.4 is 10.6 Å². The lowest BCUT2D eigenvalue weighted by atomic mass is 9.81. The van der Waals surface area contributed by atoms with Crippen molar-refractivity contribution in [1.82, 2.24) is 5.32 Å². The lowest BCUT2D eigenvalue weighted by molar-refractivity contribution is -0.143. The van der Waals surface area contributed by atoms with E-state index >= 15 is 0 Å². The van der Waals surface area contributed by atoms with Crippen LogP contribution in [0, 0.1) is 17.7 Å². The fourth-order valence-corrected chi connectivity index (χ4v) is 3.49. The van der Waals surface area contributed by atoms with Gasteiger partial charge in [-0.2, -0.15) is 0 Å². The van der Waals surface area contributed by atoms with E-state index in [1.807, 2.05) is 0 Å². The SMILES string of the molecule is O=C(NCc1ccc(F)cc1)c1ccc(NC(=O)C2CCCC(C(=O)O)C2)cc1. The number of carboxylic acid groups (broad SMARTS) is 1. The van der Waals surface area contributed by atoms with Gasteiger partial charge in [-0.25, -0.2) is 4.39 Å². The van der Waals surface area contributed by atoms with Crippen LogP contribution in [0.1, 0.15) is 41.6 Å². The smallest absolute Gasteiger partial charge is 0.306 e. The van der Waals surface area contributed by atoms with Crippen LogP contribution in [0.25, 0.3) is 0 Å². The number of amides is 2. The van der Waals surface area contributed by atoms with Gasteiger partial charge >= 0.3 is 5.97 Å². The Kier molecular flexibility index (Phi) is 6.59. The van der Waals surface area contributed by atoms with Crippen molar-refractivity contribution in [3.05, 3.63) is 65.5 Å². The van der Waals surface area contributed by atoms with Crippen LogP contribution in [0.15, 0.2) is 48.5 Å². The molecule has 29 heavy (non-hydrogen) atoms. The number of carbonyl (C=O) groups excluding carboxylic acids is 2. The summed E-state index contributed by atoms with van der Waals surface area (Å²) in [5, 5.41) is 14.7. The maximum absolute atomic E-state index is 12.9. The van der Waals surface area contributed by atoms with Crippen LogP contribution in [-0.2, 0) is 16.1 Å². The van der Waals surface area contributed by atoms with E-state index in [4.69, 9.17) is 5.11 Å². The van der Waals surface area contributed by atoms with E-state index in [2.05, 4.69) is 10.6 Å². The lowest BCUT2D eigenvalue weighted by Gasteiger charge is -2.25. The van der Waals surface area contributed by atoms with Crippen LogP contribution in [0.4, 0.5) is 10.1 Å². The number of hydrogen-bond donors (Lipinski definition) is 3. The quantitative estimate of drug-likeness (QED) is 0.693. The zero-order valence-electron chi connectivity index (χ0n) is 15.9. The van der Waals surface area contributed by atoms with Gasteiger partial charge in [0.05, 0.1) is 5.92 Å². The number of rotatable bonds is 6. The Balaban J connectivity index is 1.52. The fourth-order valence-electron chi connectivity index (χ4n) is 3.49. The number of anilines is 1. The maximum Gasteiger partial charge on any atom is 0.306 e. The molecule has 2 aromatic rings. The van der Waals surface area contributed by atoms with Gasteiger partial charge < -0.3 is 15.7 Å². The van der Waals surface area contributed by atoms with Crippen molar-refractivity contribution in [2.75, 3.05) is 5.32 Å². The van der Waals surface area contributed by atoms with Crippen molar-refractivity contribution in [2.24, 2.45) is 11.8 Å². The third-order valence-corrected chi connectivity index (χ3v) is 5.18. The van der Waals surface area contributed by atoms with Crippen molar-refractivity contribution in [2.45, 2.75) is 32.2 Å². The van der Waals surface area contributed by atoms with Gasteiger partial charge in [0.1, 0.15) is 5.82 Å². The Hall–Kier alpha value is -3.22. The van der Waals surface area contributed by atoms with Crippen molar-refractivity contribution < 1.29 is 23.9 Å². The fraction of sp³-hybridized carbons (Fsp3) is 0.318. The molecule has 1 saturated carbocycles. The molecular weight excluding hydrogens is 375 g/mol.